The van der Waals surface area contributed by atoms with E-state index in [9.17, 15) is 15.0 Å². The first kappa shape index (κ1) is 76.1. The van der Waals surface area contributed by atoms with Gasteiger partial charge in [-0.15, -0.1) is 0 Å². The molecule has 0 aromatic carbocycles. The second-order valence-electron chi connectivity index (χ2n) is 24.3. The monoisotopic (exact) mass is 1090 g/mol. The normalized spacial score (nSPS) is 13.0. The molecule has 0 fully saturated rings. The van der Waals surface area contributed by atoms with Crippen molar-refractivity contribution in [1.29, 1.82) is 0 Å². The molecule has 0 bridgehead atoms. The molecule has 458 valence electrons. The highest BCUT2D eigenvalue weighted by Gasteiger charge is 2.18. The number of rotatable bonds is 66. The van der Waals surface area contributed by atoms with Gasteiger partial charge in [0.25, 0.3) is 0 Å². The maximum atomic E-state index is 12.5. The van der Waals surface area contributed by atoms with Crippen LogP contribution in [-0.4, -0.2) is 34.9 Å². The van der Waals surface area contributed by atoms with Crippen LogP contribution in [0.15, 0.2) is 60.8 Å². The maximum absolute atomic E-state index is 12.5. The Morgan fingerprint density at radius 2 is 0.564 bits per heavy atom. The standard InChI is InChI=1S/C74H139NO3/c1-3-5-7-9-11-13-15-17-19-21-23-25-27-29-31-33-34-35-36-37-38-39-40-42-44-46-48-50-52-54-56-58-60-62-64-66-68-70-74(78)75-72(71-76)73(77)69-67-65-63-61-59-57-55-53-51-49-47-45-43-41-32-30-28-26-24-22-20-18-16-14-12-10-8-6-4-2/h5,7,11,13,17,19,23,25,67,69,72-73,76-77H,3-4,6,8-10,12,14-16,18,20-22,24,26-66,68,70-71H2,1-2H3,(H,75,78)/b7-5-,13-11-,19-17-,25-23-,69-67+. The van der Waals surface area contributed by atoms with Crippen LogP contribution in [0.2, 0.25) is 0 Å². The van der Waals surface area contributed by atoms with Crippen LogP contribution in [0.3, 0.4) is 0 Å². The molecule has 0 heterocycles. The van der Waals surface area contributed by atoms with Gasteiger partial charge in [0, 0.05) is 6.42 Å². The van der Waals surface area contributed by atoms with Crippen molar-refractivity contribution in [3.05, 3.63) is 60.8 Å². The van der Waals surface area contributed by atoms with Crippen molar-refractivity contribution in [3.8, 4) is 0 Å². The summed E-state index contributed by atoms with van der Waals surface area (Å²) >= 11 is 0. The lowest BCUT2D eigenvalue weighted by Crippen LogP contribution is -2.45. The van der Waals surface area contributed by atoms with Crippen LogP contribution >= 0.6 is 0 Å². The van der Waals surface area contributed by atoms with Gasteiger partial charge in [-0.3, -0.25) is 4.79 Å². The highest BCUT2D eigenvalue weighted by Crippen LogP contribution is 2.19. The number of hydrogen-bond donors (Lipinski definition) is 3. The lowest BCUT2D eigenvalue weighted by molar-refractivity contribution is -0.123. The van der Waals surface area contributed by atoms with Crippen molar-refractivity contribution in [2.75, 3.05) is 6.61 Å². The smallest absolute Gasteiger partial charge is 0.220 e. The van der Waals surface area contributed by atoms with E-state index < -0.39 is 12.1 Å². The number of aliphatic hydroxyl groups excluding tert-OH is 2. The van der Waals surface area contributed by atoms with Gasteiger partial charge in [0.1, 0.15) is 0 Å². The summed E-state index contributed by atoms with van der Waals surface area (Å²) in [6.07, 6.45) is 98.9. The molecule has 0 spiro atoms. The lowest BCUT2D eigenvalue weighted by Gasteiger charge is -2.20. The Morgan fingerprint density at radius 1 is 0.321 bits per heavy atom. The summed E-state index contributed by atoms with van der Waals surface area (Å²) in [4.78, 5) is 12.5. The first-order valence-corrected chi connectivity index (χ1v) is 35.5. The molecule has 78 heavy (non-hydrogen) atoms. The summed E-state index contributed by atoms with van der Waals surface area (Å²) in [5, 5.41) is 23.3. The fourth-order valence-electron chi connectivity index (χ4n) is 11.2. The highest BCUT2D eigenvalue weighted by molar-refractivity contribution is 5.76. The number of hydrogen-bond acceptors (Lipinski definition) is 3. The molecule has 0 aliphatic heterocycles. The third-order valence-electron chi connectivity index (χ3n) is 16.5. The molecule has 1 amide bonds. The predicted octanol–water partition coefficient (Wildman–Crippen LogP) is 24.3. The van der Waals surface area contributed by atoms with E-state index in [0.29, 0.717) is 6.42 Å². The van der Waals surface area contributed by atoms with Crippen molar-refractivity contribution in [1.82, 2.24) is 5.32 Å². The predicted molar refractivity (Wildman–Crippen MR) is 350 cm³/mol. The molecule has 0 aromatic rings. The summed E-state index contributed by atoms with van der Waals surface area (Å²) in [6, 6.07) is -0.623. The number of carbonyl (C=O) groups is 1. The van der Waals surface area contributed by atoms with Crippen LogP contribution in [0.1, 0.15) is 386 Å². The second-order valence-corrected chi connectivity index (χ2v) is 24.3. The molecular weight excluding hydrogens is 951 g/mol. The quantitative estimate of drug-likeness (QED) is 0.0420. The van der Waals surface area contributed by atoms with E-state index in [4.69, 9.17) is 0 Å². The summed E-state index contributed by atoms with van der Waals surface area (Å²) < 4.78 is 0. The number of amides is 1. The van der Waals surface area contributed by atoms with E-state index in [1.165, 1.54) is 315 Å². The van der Waals surface area contributed by atoms with Gasteiger partial charge in [0.15, 0.2) is 0 Å². The number of nitrogens with one attached hydrogen (secondary N) is 1. The van der Waals surface area contributed by atoms with E-state index in [0.717, 1.165) is 51.4 Å². The average Bonchev–Trinajstić information content (AvgIpc) is 3.44. The van der Waals surface area contributed by atoms with E-state index in [1.54, 1.807) is 6.08 Å². The summed E-state index contributed by atoms with van der Waals surface area (Å²) in [5.74, 6) is -0.0562. The number of unbranched alkanes of at least 4 members (excludes halogenated alkanes) is 51. The van der Waals surface area contributed by atoms with E-state index in [-0.39, 0.29) is 12.5 Å². The zero-order valence-electron chi connectivity index (χ0n) is 53.0. The van der Waals surface area contributed by atoms with Crippen LogP contribution in [-0.2, 0) is 4.79 Å². The van der Waals surface area contributed by atoms with Gasteiger partial charge in [0.2, 0.25) is 5.91 Å². The third-order valence-corrected chi connectivity index (χ3v) is 16.5. The molecule has 0 rings (SSSR count). The van der Waals surface area contributed by atoms with E-state index in [2.05, 4.69) is 67.8 Å². The Kier molecular flexibility index (Phi) is 67.7. The van der Waals surface area contributed by atoms with E-state index in [1.807, 2.05) is 6.08 Å². The van der Waals surface area contributed by atoms with Gasteiger partial charge in [-0.25, -0.2) is 0 Å². The average molecular weight is 1090 g/mol. The van der Waals surface area contributed by atoms with Gasteiger partial charge >= 0.3 is 0 Å². The minimum Gasteiger partial charge on any atom is -0.394 e. The molecule has 0 saturated carbocycles. The Labute approximate surface area is 489 Å². The molecule has 2 atom stereocenters. The SMILES string of the molecule is CC/C=C\C/C=C\C/C=C\C/C=C\CCCCCCCCCCCCCCCCCCCCCCCCCCC(=O)NC(CO)C(O)/C=C/CCCCCCCCCCCCCCCCCCCCCCCCCCCCC. The fraction of sp³-hybridized carbons (Fsp3) is 0.851. The van der Waals surface area contributed by atoms with Gasteiger partial charge in [-0.2, -0.15) is 0 Å². The van der Waals surface area contributed by atoms with Crippen LogP contribution in [0, 0.1) is 0 Å². The zero-order valence-corrected chi connectivity index (χ0v) is 53.0. The van der Waals surface area contributed by atoms with Crippen LogP contribution < -0.4 is 5.32 Å². The molecule has 0 aromatic heterocycles. The topological polar surface area (TPSA) is 69.6 Å². The van der Waals surface area contributed by atoms with Crippen molar-refractivity contribution in [2.45, 2.75) is 398 Å². The minimum atomic E-state index is -0.841. The molecule has 0 aliphatic carbocycles. The molecular formula is C74H139NO3. The van der Waals surface area contributed by atoms with Crippen LogP contribution in [0.4, 0.5) is 0 Å². The summed E-state index contributed by atoms with van der Waals surface area (Å²) in [5.41, 5.74) is 0. The first-order valence-electron chi connectivity index (χ1n) is 35.5. The lowest BCUT2D eigenvalue weighted by atomic mass is 10.0. The van der Waals surface area contributed by atoms with Crippen LogP contribution in [0.5, 0.6) is 0 Å². The number of aliphatic hydroxyl groups is 2. The van der Waals surface area contributed by atoms with Crippen molar-refractivity contribution in [3.63, 3.8) is 0 Å². The Bertz CT molecular complexity index is 1280. The molecule has 0 radical (unpaired) electrons. The molecule has 4 nitrogen and oxygen atoms in total. The zero-order chi connectivity index (χ0) is 56.2. The van der Waals surface area contributed by atoms with Crippen molar-refractivity contribution < 1.29 is 15.0 Å². The molecule has 0 aliphatic rings. The first-order chi connectivity index (χ1) is 38.7. The van der Waals surface area contributed by atoms with Crippen molar-refractivity contribution >= 4 is 5.91 Å². The van der Waals surface area contributed by atoms with Gasteiger partial charge < -0.3 is 15.5 Å². The van der Waals surface area contributed by atoms with Gasteiger partial charge in [-0.1, -0.05) is 383 Å². The summed E-state index contributed by atoms with van der Waals surface area (Å²) in [6.45, 7) is 4.24. The van der Waals surface area contributed by atoms with Crippen molar-refractivity contribution in [2.24, 2.45) is 0 Å². The third kappa shape index (κ3) is 64.9. The fourth-order valence-corrected chi connectivity index (χ4v) is 11.2. The number of allylic oxidation sites excluding steroid dienone is 9. The second kappa shape index (κ2) is 69.4. The van der Waals surface area contributed by atoms with E-state index >= 15 is 0 Å². The Morgan fingerprint density at radius 3 is 0.846 bits per heavy atom. The molecule has 2 unspecified atom stereocenters. The maximum Gasteiger partial charge on any atom is 0.220 e. The summed E-state index contributed by atoms with van der Waals surface area (Å²) in [7, 11) is 0. The Hall–Kier alpha value is -1.91. The number of carbonyl (C=O) groups excluding carboxylic acids is 1. The highest BCUT2D eigenvalue weighted by atomic mass is 16.3. The molecule has 4 heteroatoms. The molecule has 0 saturated heterocycles. The minimum absolute atomic E-state index is 0.0562. The molecule has 3 N–H and O–H groups in total. The Balaban J connectivity index is 3.41. The van der Waals surface area contributed by atoms with Crippen LogP contribution in [0.25, 0.3) is 0 Å². The van der Waals surface area contributed by atoms with Gasteiger partial charge in [-0.05, 0) is 57.8 Å². The largest absolute Gasteiger partial charge is 0.394 e. The van der Waals surface area contributed by atoms with Gasteiger partial charge in [0.05, 0.1) is 18.8 Å².